The zero-order valence-electron chi connectivity index (χ0n) is 21.2. The molecule has 0 aliphatic heterocycles. The third-order valence-electron chi connectivity index (χ3n) is 5.80. The molecule has 0 radical (unpaired) electrons. The molecule has 30 heavy (non-hydrogen) atoms. The predicted molar refractivity (Wildman–Crippen MR) is 139 cm³/mol. The van der Waals surface area contributed by atoms with Gasteiger partial charge in [-0.1, -0.05) is 128 Å². The van der Waals surface area contributed by atoms with E-state index in [-0.39, 0.29) is 0 Å². The molecule has 2 aromatic rings. The smallest absolute Gasteiger partial charge is 0.00486 e. The molecule has 3 rings (SSSR count). The lowest BCUT2D eigenvalue weighted by atomic mass is 9.75. The van der Waals surface area contributed by atoms with Crippen molar-refractivity contribution >= 4 is 0 Å². The van der Waals surface area contributed by atoms with Gasteiger partial charge in [0.25, 0.3) is 0 Å². The molecule has 1 aliphatic rings. The summed E-state index contributed by atoms with van der Waals surface area (Å²) in [5.41, 5.74) is 6.23. The van der Waals surface area contributed by atoms with Crippen molar-refractivity contribution < 1.29 is 0 Å². The zero-order valence-corrected chi connectivity index (χ0v) is 21.2. The van der Waals surface area contributed by atoms with Crippen LogP contribution >= 0.6 is 0 Å². The third kappa shape index (κ3) is 8.50. The van der Waals surface area contributed by atoms with Crippen molar-refractivity contribution in [1.29, 1.82) is 0 Å². The summed E-state index contributed by atoms with van der Waals surface area (Å²) in [7, 11) is 0. The molecule has 1 unspecified atom stereocenters. The molecular weight excluding hydrogens is 360 g/mol. The Labute approximate surface area is 188 Å². The largest absolute Gasteiger partial charge is 0.0995 e. The number of allylic oxidation sites excluding steroid dienone is 1. The summed E-state index contributed by atoms with van der Waals surface area (Å²) in [5, 5.41) is 0. The van der Waals surface area contributed by atoms with Crippen molar-refractivity contribution in [1.82, 2.24) is 0 Å². The van der Waals surface area contributed by atoms with Crippen LogP contribution < -0.4 is 0 Å². The fourth-order valence-electron chi connectivity index (χ4n) is 4.43. The fourth-order valence-corrected chi connectivity index (χ4v) is 4.43. The molecule has 1 aliphatic carbocycles. The second-order valence-electron chi connectivity index (χ2n) is 8.06. The average molecular weight is 409 g/mol. The van der Waals surface area contributed by atoms with Crippen LogP contribution in [0, 0.1) is 0 Å². The molecule has 0 amide bonds. The molecule has 0 aromatic heterocycles. The Balaban J connectivity index is 0.000000484. The minimum atomic E-state index is 0.394. The van der Waals surface area contributed by atoms with Gasteiger partial charge >= 0.3 is 0 Å². The number of hydrogen-bond donors (Lipinski definition) is 0. The van der Waals surface area contributed by atoms with Gasteiger partial charge in [-0.2, -0.15) is 0 Å². The van der Waals surface area contributed by atoms with E-state index in [4.69, 9.17) is 0 Å². The highest BCUT2D eigenvalue weighted by molar-refractivity contribution is 5.39. The van der Waals surface area contributed by atoms with E-state index >= 15 is 0 Å². The highest BCUT2D eigenvalue weighted by atomic mass is 14.3. The maximum Gasteiger partial charge on any atom is 0.00486 e. The van der Waals surface area contributed by atoms with Crippen LogP contribution in [0.25, 0.3) is 0 Å². The van der Waals surface area contributed by atoms with Gasteiger partial charge in [0.15, 0.2) is 0 Å². The second kappa shape index (κ2) is 15.9. The molecule has 2 aromatic carbocycles. The van der Waals surface area contributed by atoms with Crippen LogP contribution in [0.15, 0.2) is 66.7 Å². The van der Waals surface area contributed by atoms with Crippen LogP contribution in [-0.2, 0) is 11.8 Å². The molecule has 0 N–H and O–H groups in total. The first-order valence-corrected chi connectivity index (χ1v) is 12.3. The quantitative estimate of drug-likeness (QED) is 0.417. The van der Waals surface area contributed by atoms with Crippen molar-refractivity contribution in [2.45, 2.75) is 105 Å². The Morgan fingerprint density at radius 2 is 1.37 bits per heavy atom. The van der Waals surface area contributed by atoms with Crippen LogP contribution in [0.2, 0.25) is 0 Å². The molecule has 0 heteroatoms. The molecule has 1 atom stereocenters. The van der Waals surface area contributed by atoms with Crippen LogP contribution in [0.5, 0.6) is 0 Å². The Hall–Kier alpha value is -1.82. The van der Waals surface area contributed by atoms with Gasteiger partial charge in [-0.15, -0.1) is 0 Å². The van der Waals surface area contributed by atoms with Gasteiger partial charge in [0.1, 0.15) is 0 Å². The first-order valence-electron chi connectivity index (χ1n) is 12.3. The molecule has 0 heterocycles. The summed E-state index contributed by atoms with van der Waals surface area (Å²) in [5.74, 6) is 0.626. The van der Waals surface area contributed by atoms with Crippen LogP contribution in [0.1, 0.15) is 110 Å². The minimum Gasteiger partial charge on any atom is -0.0995 e. The maximum absolute atomic E-state index is 4.04. The molecule has 0 spiro atoms. The van der Waals surface area contributed by atoms with Crippen LogP contribution in [-0.4, -0.2) is 0 Å². The molecule has 0 saturated heterocycles. The molecule has 0 nitrogen and oxygen atoms in total. The number of hydrogen-bond acceptors (Lipinski definition) is 0. The normalized spacial score (nSPS) is 14.1. The predicted octanol–water partition coefficient (Wildman–Crippen LogP) is 9.89. The van der Waals surface area contributed by atoms with Gasteiger partial charge < -0.3 is 0 Å². The number of aryl methyl sites for hydroxylation is 1. The maximum atomic E-state index is 4.04. The Bertz CT molecular complexity index is 674. The third-order valence-corrected chi connectivity index (χ3v) is 5.80. The highest BCUT2D eigenvalue weighted by Gasteiger charge is 2.24. The van der Waals surface area contributed by atoms with E-state index in [1.54, 1.807) is 0 Å². The Morgan fingerprint density at radius 1 is 0.867 bits per heavy atom. The second-order valence-corrected chi connectivity index (χ2v) is 8.06. The SMILES string of the molecule is C=C(C)C1CCc2ccccc21.CC.CC.CCCC(C)(CCC)c1ccccc1. The summed E-state index contributed by atoms with van der Waals surface area (Å²) < 4.78 is 0. The molecule has 0 saturated carbocycles. The van der Waals surface area contributed by atoms with E-state index in [1.807, 2.05) is 27.7 Å². The summed E-state index contributed by atoms with van der Waals surface area (Å²) in [6.45, 7) is 21.1. The number of benzene rings is 2. The van der Waals surface area contributed by atoms with Gasteiger partial charge in [-0.05, 0) is 54.7 Å². The average Bonchev–Trinajstić information content (AvgIpc) is 3.23. The lowest BCUT2D eigenvalue weighted by Gasteiger charge is -2.29. The fraction of sp³-hybridized carbons (Fsp3) is 0.533. The topological polar surface area (TPSA) is 0 Å². The van der Waals surface area contributed by atoms with E-state index in [0.29, 0.717) is 11.3 Å². The summed E-state index contributed by atoms with van der Waals surface area (Å²) in [6, 6.07) is 19.7. The first kappa shape index (κ1) is 28.2. The number of fused-ring (bicyclic) bond motifs is 1. The molecule has 168 valence electrons. The van der Waals surface area contributed by atoms with Gasteiger partial charge in [0.2, 0.25) is 0 Å². The highest BCUT2D eigenvalue weighted by Crippen LogP contribution is 2.37. The van der Waals surface area contributed by atoms with Crippen molar-refractivity contribution in [3.63, 3.8) is 0 Å². The zero-order chi connectivity index (χ0) is 23.0. The molecular formula is C30H48. The lowest BCUT2D eigenvalue weighted by molar-refractivity contribution is 0.392. The van der Waals surface area contributed by atoms with E-state index in [1.165, 1.54) is 60.8 Å². The van der Waals surface area contributed by atoms with Gasteiger partial charge in [0, 0.05) is 5.92 Å². The lowest BCUT2D eigenvalue weighted by Crippen LogP contribution is -2.21. The van der Waals surface area contributed by atoms with E-state index in [0.717, 1.165) is 0 Å². The summed E-state index contributed by atoms with van der Waals surface area (Å²) in [4.78, 5) is 0. The van der Waals surface area contributed by atoms with Crippen molar-refractivity contribution in [3.05, 3.63) is 83.4 Å². The summed E-state index contributed by atoms with van der Waals surface area (Å²) in [6.07, 6.45) is 7.62. The Kier molecular flexibility index (Phi) is 15.0. The summed E-state index contributed by atoms with van der Waals surface area (Å²) >= 11 is 0. The van der Waals surface area contributed by atoms with Gasteiger partial charge in [-0.3, -0.25) is 0 Å². The van der Waals surface area contributed by atoms with Crippen molar-refractivity contribution in [3.8, 4) is 0 Å². The van der Waals surface area contributed by atoms with Crippen LogP contribution in [0.3, 0.4) is 0 Å². The monoisotopic (exact) mass is 408 g/mol. The number of rotatable bonds is 6. The van der Waals surface area contributed by atoms with E-state index < -0.39 is 0 Å². The molecule has 0 bridgehead atoms. The van der Waals surface area contributed by atoms with E-state index in [2.05, 4.69) is 88.9 Å². The molecule has 0 fully saturated rings. The van der Waals surface area contributed by atoms with E-state index in [9.17, 15) is 0 Å². The standard InChI is InChI=1S/C14H22.C12H14.2C2H6/c1-4-11-14(3,12-5-2)13-9-7-6-8-10-13;1-9(2)11-8-7-10-5-3-4-6-12(10)11;2*1-2/h6-10H,4-5,11-12H2,1-3H3;3-6,11H,1,7-8H2,2H3;2*1-2H3. The van der Waals surface area contributed by atoms with Crippen molar-refractivity contribution in [2.24, 2.45) is 0 Å². The Morgan fingerprint density at radius 3 is 1.87 bits per heavy atom. The van der Waals surface area contributed by atoms with Gasteiger partial charge in [-0.25, -0.2) is 0 Å². The first-order chi connectivity index (χ1) is 14.5. The van der Waals surface area contributed by atoms with Gasteiger partial charge in [0.05, 0.1) is 0 Å². The van der Waals surface area contributed by atoms with Crippen LogP contribution in [0.4, 0.5) is 0 Å². The van der Waals surface area contributed by atoms with Crippen molar-refractivity contribution in [2.75, 3.05) is 0 Å². The minimum absolute atomic E-state index is 0.394.